The van der Waals surface area contributed by atoms with E-state index in [0.29, 0.717) is 12.0 Å². The van der Waals surface area contributed by atoms with Crippen LogP contribution in [0.1, 0.15) is 12.8 Å². The minimum Gasteiger partial charge on any atom is -0.497 e. The van der Waals surface area contributed by atoms with Crippen molar-refractivity contribution < 1.29 is 4.74 Å². The Morgan fingerprint density at radius 3 is 3.12 bits per heavy atom. The van der Waals surface area contributed by atoms with Crippen molar-refractivity contribution in [3.63, 3.8) is 0 Å². The maximum Gasteiger partial charge on any atom is 0.223 e. The Balaban J connectivity index is 1.63. The van der Waals surface area contributed by atoms with E-state index in [-0.39, 0.29) is 0 Å². The van der Waals surface area contributed by atoms with E-state index < -0.39 is 0 Å². The fourth-order valence-corrected chi connectivity index (χ4v) is 3.01. The van der Waals surface area contributed by atoms with Crippen LogP contribution in [0.15, 0.2) is 36.8 Å². The molecule has 2 N–H and O–H groups in total. The standard InChI is InChI=1S/C17H20N6O/c1-24-13-5-8-23-15(11-20-16(23)9-13)14-4-7-19-17(22-14)21-12-3-2-6-18-10-12/h4-5,7-9,11-12,18H,2-3,6,10H2,1H3,(H,19,21,22). The summed E-state index contributed by atoms with van der Waals surface area (Å²) in [5.74, 6) is 1.44. The Morgan fingerprint density at radius 1 is 1.33 bits per heavy atom. The molecule has 4 heterocycles. The molecule has 0 saturated carbocycles. The Bertz CT molecular complexity index is 840. The molecule has 124 valence electrons. The second-order valence-corrected chi connectivity index (χ2v) is 5.89. The van der Waals surface area contributed by atoms with Gasteiger partial charge < -0.3 is 15.4 Å². The maximum absolute atomic E-state index is 5.25. The molecule has 0 spiro atoms. The van der Waals surface area contributed by atoms with Crippen molar-refractivity contribution in [1.29, 1.82) is 0 Å². The number of ether oxygens (including phenoxy) is 1. The van der Waals surface area contributed by atoms with Crippen molar-refractivity contribution in [1.82, 2.24) is 24.7 Å². The molecule has 1 atom stereocenters. The van der Waals surface area contributed by atoms with Crippen LogP contribution < -0.4 is 15.4 Å². The zero-order chi connectivity index (χ0) is 16.4. The largest absolute Gasteiger partial charge is 0.497 e. The number of aromatic nitrogens is 4. The molecule has 7 nitrogen and oxygen atoms in total. The van der Waals surface area contributed by atoms with Crippen LogP contribution >= 0.6 is 0 Å². The van der Waals surface area contributed by atoms with Crippen molar-refractivity contribution in [2.24, 2.45) is 0 Å². The van der Waals surface area contributed by atoms with E-state index in [4.69, 9.17) is 4.74 Å². The lowest BCUT2D eigenvalue weighted by Crippen LogP contribution is -2.38. The first kappa shape index (κ1) is 14.9. The third kappa shape index (κ3) is 2.90. The second kappa shape index (κ2) is 6.45. The Kier molecular flexibility index (Phi) is 4.00. The lowest BCUT2D eigenvalue weighted by Gasteiger charge is -2.23. The number of pyridine rings is 1. The highest BCUT2D eigenvalue weighted by atomic mass is 16.5. The molecule has 3 aromatic rings. The Hall–Kier alpha value is -2.67. The van der Waals surface area contributed by atoms with Crippen LogP contribution in [0.2, 0.25) is 0 Å². The molecule has 24 heavy (non-hydrogen) atoms. The first-order chi connectivity index (χ1) is 11.8. The van der Waals surface area contributed by atoms with Gasteiger partial charge in [-0.15, -0.1) is 0 Å². The van der Waals surface area contributed by atoms with E-state index in [1.807, 2.05) is 35.0 Å². The Labute approximate surface area is 140 Å². The summed E-state index contributed by atoms with van der Waals surface area (Å²) < 4.78 is 7.24. The van der Waals surface area contributed by atoms with Crippen molar-refractivity contribution in [2.45, 2.75) is 18.9 Å². The van der Waals surface area contributed by atoms with Gasteiger partial charge in [0.05, 0.1) is 24.7 Å². The maximum atomic E-state index is 5.25. The molecule has 1 fully saturated rings. The normalized spacial score (nSPS) is 17.8. The lowest BCUT2D eigenvalue weighted by molar-refractivity contribution is 0.414. The molecule has 4 rings (SSSR count). The number of nitrogens with zero attached hydrogens (tertiary/aromatic N) is 4. The van der Waals surface area contributed by atoms with Crippen LogP contribution in [0, 0.1) is 0 Å². The molecular weight excluding hydrogens is 304 g/mol. The average Bonchev–Trinajstić information content (AvgIpc) is 3.06. The van der Waals surface area contributed by atoms with Gasteiger partial charge in [0, 0.05) is 31.0 Å². The highest BCUT2D eigenvalue weighted by Crippen LogP contribution is 2.22. The molecular formula is C17H20N6O. The predicted octanol–water partition coefficient (Wildman–Crippen LogP) is 1.96. The van der Waals surface area contributed by atoms with E-state index in [2.05, 4.69) is 25.6 Å². The summed E-state index contributed by atoms with van der Waals surface area (Å²) in [6.45, 7) is 2.04. The molecule has 0 radical (unpaired) electrons. The molecule has 0 bridgehead atoms. The number of anilines is 1. The molecule has 1 saturated heterocycles. The molecule has 7 heteroatoms. The number of methoxy groups -OCH3 is 1. The van der Waals surface area contributed by atoms with Crippen molar-refractivity contribution in [3.05, 3.63) is 36.8 Å². The van der Waals surface area contributed by atoms with Crippen molar-refractivity contribution in [3.8, 4) is 17.1 Å². The number of hydrogen-bond acceptors (Lipinski definition) is 6. The van der Waals surface area contributed by atoms with Gasteiger partial charge in [0.2, 0.25) is 5.95 Å². The highest BCUT2D eigenvalue weighted by Gasteiger charge is 2.15. The van der Waals surface area contributed by atoms with Gasteiger partial charge in [0.25, 0.3) is 0 Å². The lowest BCUT2D eigenvalue weighted by atomic mass is 10.1. The zero-order valence-corrected chi connectivity index (χ0v) is 13.6. The minimum absolute atomic E-state index is 0.375. The van der Waals surface area contributed by atoms with Crippen LogP contribution in [-0.2, 0) is 0 Å². The fraction of sp³-hybridized carbons (Fsp3) is 0.353. The average molecular weight is 324 g/mol. The number of hydrogen-bond donors (Lipinski definition) is 2. The van der Waals surface area contributed by atoms with Gasteiger partial charge in [-0.05, 0) is 31.5 Å². The topological polar surface area (TPSA) is 76.4 Å². The van der Waals surface area contributed by atoms with Crippen LogP contribution in [0.3, 0.4) is 0 Å². The van der Waals surface area contributed by atoms with E-state index in [1.165, 1.54) is 6.42 Å². The number of rotatable bonds is 4. The van der Waals surface area contributed by atoms with E-state index in [9.17, 15) is 0 Å². The van der Waals surface area contributed by atoms with Gasteiger partial charge in [0.15, 0.2) is 0 Å². The van der Waals surface area contributed by atoms with Crippen LogP contribution in [-0.4, -0.2) is 45.6 Å². The Morgan fingerprint density at radius 2 is 2.29 bits per heavy atom. The van der Waals surface area contributed by atoms with E-state index in [0.717, 1.165) is 42.3 Å². The SMILES string of the molecule is COc1ccn2c(-c3ccnc(NC4CCCNC4)n3)cnc2c1. The van der Waals surface area contributed by atoms with Gasteiger partial charge in [-0.25, -0.2) is 15.0 Å². The first-order valence-electron chi connectivity index (χ1n) is 8.15. The van der Waals surface area contributed by atoms with Gasteiger partial charge in [0.1, 0.15) is 11.4 Å². The summed E-state index contributed by atoms with van der Waals surface area (Å²) in [7, 11) is 1.65. The minimum atomic E-state index is 0.375. The molecule has 1 aliphatic heterocycles. The van der Waals surface area contributed by atoms with Gasteiger partial charge >= 0.3 is 0 Å². The summed E-state index contributed by atoms with van der Waals surface area (Å²) in [4.78, 5) is 13.5. The molecule has 3 aromatic heterocycles. The quantitative estimate of drug-likeness (QED) is 0.764. The fourth-order valence-electron chi connectivity index (χ4n) is 3.01. The molecule has 0 aliphatic carbocycles. The van der Waals surface area contributed by atoms with Crippen LogP contribution in [0.4, 0.5) is 5.95 Å². The molecule has 0 aromatic carbocycles. The molecule has 1 aliphatic rings. The van der Waals surface area contributed by atoms with Crippen LogP contribution in [0.5, 0.6) is 5.75 Å². The number of nitrogens with one attached hydrogen (secondary N) is 2. The second-order valence-electron chi connectivity index (χ2n) is 5.89. The summed E-state index contributed by atoms with van der Waals surface area (Å²) >= 11 is 0. The van der Waals surface area contributed by atoms with Crippen molar-refractivity contribution >= 4 is 11.6 Å². The monoisotopic (exact) mass is 324 g/mol. The summed E-state index contributed by atoms with van der Waals surface area (Å²) in [6, 6.07) is 6.09. The summed E-state index contributed by atoms with van der Waals surface area (Å²) in [5, 5.41) is 6.80. The molecule has 0 amide bonds. The molecule has 1 unspecified atom stereocenters. The predicted molar refractivity (Wildman–Crippen MR) is 92.3 cm³/mol. The number of imidazole rings is 1. The van der Waals surface area contributed by atoms with E-state index >= 15 is 0 Å². The zero-order valence-electron chi connectivity index (χ0n) is 13.6. The highest BCUT2D eigenvalue weighted by molar-refractivity contribution is 5.61. The van der Waals surface area contributed by atoms with Crippen molar-refractivity contribution in [2.75, 3.05) is 25.5 Å². The van der Waals surface area contributed by atoms with E-state index in [1.54, 1.807) is 13.3 Å². The van der Waals surface area contributed by atoms with Crippen LogP contribution in [0.25, 0.3) is 17.0 Å². The number of piperidine rings is 1. The summed E-state index contributed by atoms with van der Waals surface area (Å²) in [5.41, 5.74) is 2.60. The smallest absolute Gasteiger partial charge is 0.223 e. The van der Waals surface area contributed by atoms with Gasteiger partial charge in [-0.2, -0.15) is 0 Å². The third-order valence-corrected chi connectivity index (χ3v) is 4.27. The first-order valence-corrected chi connectivity index (χ1v) is 8.15. The summed E-state index contributed by atoms with van der Waals surface area (Å²) in [6.07, 6.45) is 7.85. The third-order valence-electron chi connectivity index (χ3n) is 4.27. The number of fused-ring (bicyclic) bond motifs is 1. The van der Waals surface area contributed by atoms with Gasteiger partial charge in [-0.3, -0.25) is 4.40 Å². The van der Waals surface area contributed by atoms with Gasteiger partial charge in [-0.1, -0.05) is 0 Å².